The van der Waals surface area contributed by atoms with Gasteiger partial charge in [0.05, 0.1) is 21.2 Å². The molecule has 2 heterocycles. The van der Waals surface area contributed by atoms with Gasteiger partial charge in [-0.3, -0.25) is 4.79 Å². The maximum Gasteiger partial charge on any atom is 0.338 e. The number of thiophene rings is 1. The van der Waals surface area contributed by atoms with Crippen LogP contribution in [0.25, 0.3) is 10.1 Å². The summed E-state index contributed by atoms with van der Waals surface area (Å²) in [6, 6.07) is 1.60. The van der Waals surface area contributed by atoms with E-state index in [1.165, 1.54) is 22.1 Å². The third-order valence-electron chi connectivity index (χ3n) is 3.43. The quantitative estimate of drug-likeness (QED) is 0.927. The van der Waals surface area contributed by atoms with Gasteiger partial charge in [-0.1, -0.05) is 0 Å². The van der Waals surface area contributed by atoms with Gasteiger partial charge in [0.25, 0.3) is 5.56 Å². The van der Waals surface area contributed by atoms with Crippen molar-refractivity contribution in [3.8, 4) is 0 Å². The lowest BCUT2D eigenvalue weighted by molar-refractivity contribution is 0.0698. The Bertz CT molecular complexity index is 699. The summed E-state index contributed by atoms with van der Waals surface area (Å²) in [6.07, 6.45) is 2.45. The van der Waals surface area contributed by atoms with Gasteiger partial charge in [-0.05, 0) is 24.3 Å². The fraction of sp³-hybridized carbons (Fsp3) is 0.333. The van der Waals surface area contributed by atoms with E-state index >= 15 is 0 Å². The van der Waals surface area contributed by atoms with Gasteiger partial charge in [0.15, 0.2) is 0 Å². The van der Waals surface area contributed by atoms with Crippen molar-refractivity contribution in [1.29, 1.82) is 0 Å². The molecule has 2 aromatic heterocycles. The van der Waals surface area contributed by atoms with E-state index in [2.05, 4.69) is 0 Å². The molecule has 3 rings (SSSR count). The minimum atomic E-state index is -1.09. The van der Waals surface area contributed by atoms with E-state index < -0.39 is 18.2 Å². The number of alkyl halides is 1. The second-order valence-corrected chi connectivity index (χ2v) is 5.46. The molecule has 1 aliphatic rings. The smallest absolute Gasteiger partial charge is 0.338 e. The van der Waals surface area contributed by atoms with Crippen LogP contribution >= 0.6 is 11.3 Å². The Hall–Kier alpha value is -1.69. The molecule has 0 radical (unpaired) electrons. The third-order valence-corrected chi connectivity index (χ3v) is 4.38. The van der Waals surface area contributed by atoms with Gasteiger partial charge >= 0.3 is 5.97 Å². The van der Waals surface area contributed by atoms with Crippen molar-refractivity contribution >= 4 is 27.4 Å². The minimum Gasteiger partial charge on any atom is -0.478 e. The molecule has 0 spiro atoms. The van der Waals surface area contributed by atoms with Crippen molar-refractivity contribution in [3.05, 3.63) is 33.6 Å². The number of aromatic nitrogens is 1. The number of carbonyl (C=O) groups is 1. The first-order valence-electron chi connectivity index (χ1n) is 5.52. The van der Waals surface area contributed by atoms with Crippen LogP contribution in [0.2, 0.25) is 0 Å². The summed E-state index contributed by atoms with van der Waals surface area (Å²) in [5.74, 6) is -1.09. The van der Waals surface area contributed by atoms with Crippen LogP contribution in [0.15, 0.2) is 22.4 Å². The number of carboxylic acid groups (broad SMARTS) is 1. The summed E-state index contributed by atoms with van der Waals surface area (Å²) in [6.45, 7) is -0.637. The first kappa shape index (κ1) is 11.4. The molecule has 4 nitrogen and oxygen atoms in total. The first-order chi connectivity index (χ1) is 8.59. The van der Waals surface area contributed by atoms with Crippen molar-refractivity contribution in [3.63, 3.8) is 0 Å². The minimum absolute atomic E-state index is 0.0688. The highest BCUT2D eigenvalue weighted by Gasteiger charge is 2.46. The van der Waals surface area contributed by atoms with Crippen molar-refractivity contribution in [2.45, 2.75) is 18.4 Å². The Labute approximate surface area is 105 Å². The first-order valence-corrected chi connectivity index (χ1v) is 6.40. The lowest BCUT2D eigenvalue weighted by Crippen LogP contribution is -2.32. The largest absolute Gasteiger partial charge is 0.478 e. The van der Waals surface area contributed by atoms with Crippen LogP contribution in [0.4, 0.5) is 4.39 Å². The summed E-state index contributed by atoms with van der Waals surface area (Å²) in [4.78, 5) is 23.4. The van der Waals surface area contributed by atoms with E-state index in [9.17, 15) is 19.1 Å². The van der Waals surface area contributed by atoms with E-state index in [0.717, 1.165) is 0 Å². The summed E-state index contributed by atoms with van der Waals surface area (Å²) >= 11 is 1.22. The molecule has 0 bridgehead atoms. The molecule has 1 fully saturated rings. The van der Waals surface area contributed by atoms with E-state index in [4.69, 9.17) is 0 Å². The van der Waals surface area contributed by atoms with Gasteiger partial charge in [-0.15, -0.1) is 11.3 Å². The molecule has 2 aromatic rings. The summed E-state index contributed by atoms with van der Waals surface area (Å²) in [7, 11) is 0. The molecule has 0 aliphatic heterocycles. The molecule has 0 saturated heterocycles. The van der Waals surface area contributed by atoms with E-state index in [1.54, 1.807) is 11.4 Å². The number of halogens is 1. The van der Waals surface area contributed by atoms with Crippen LogP contribution in [0.5, 0.6) is 0 Å². The Kier molecular flexibility index (Phi) is 2.31. The van der Waals surface area contributed by atoms with E-state index in [1.807, 2.05) is 0 Å². The number of carboxylic acids is 1. The molecule has 18 heavy (non-hydrogen) atoms. The van der Waals surface area contributed by atoms with Crippen LogP contribution in [0.1, 0.15) is 23.2 Å². The number of aromatic carboxylic acids is 1. The summed E-state index contributed by atoms with van der Waals surface area (Å²) < 4.78 is 14.8. The van der Waals surface area contributed by atoms with Crippen molar-refractivity contribution in [1.82, 2.24) is 4.57 Å². The highest BCUT2D eigenvalue weighted by Crippen LogP contribution is 2.43. The fourth-order valence-electron chi connectivity index (χ4n) is 2.15. The van der Waals surface area contributed by atoms with Crippen LogP contribution in [-0.4, -0.2) is 22.3 Å². The third kappa shape index (κ3) is 1.42. The predicted octanol–water partition coefficient (Wildman–Crippen LogP) is 2.22. The second kappa shape index (κ2) is 3.65. The summed E-state index contributed by atoms with van der Waals surface area (Å²) in [5.41, 5.74) is -1.04. The standard InChI is InChI=1S/C12H10FNO3S/c13-6-12(2-3-12)14-5-8(11(16)17)9-7(10(14)15)1-4-18-9/h1,4-5H,2-3,6H2,(H,16,17). The van der Waals surface area contributed by atoms with Gasteiger partial charge in [-0.2, -0.15) is 0 Å². The monoisotopic (exact) mass is 267 g/mol. The molecule has 6 heteroatoms. The number of rotatable bonds is 3. The van der Waals surface area contributed by atoms with Gasteiger partial charge in [0.2, 0.25) is 0 Å². The Morgan fingerprint density at radius 1 is 1.56 bits per heavy atom. The fourth-order valence-corrected chi connectivity index (χ4v) is 3.04. The molecule has 1 saturated carbocycles. The van der Waals surface area contributed by atoms with Crippen molar-refractivity contribution in [2.75, 3.05) is 6.67 Å². The van der Waals surface area contributed by atoms with Gasteiger partial charge in [0.1, 0.15) is 6.67 Å². The van der Waals surface area contributed by atoms with Gasteiger partial charge in [-0.25, -0.2) is 9.18 Å². The highest BCUT2D eigenvalue weighted by molar-refractivity contribution is 7.17. The van der Waals surface area contributed by atoms with Gasteiger partial charge in [0, 0.05) is 6.20 Å². The average Bonchev–Trinajstić information content (AvgIpc) is 2.98. The van der Waals surface area contributed by atoms with E-state index in [0.29, 0.717) is 22.9 Å². The number of pyridine rings is 1. The molecule has 0 unspecified atom stereocenters. The predicted molar refractivity (Wildman–Crippen MR) is 66.2 cm³/mol. The number of hydrogen-bond acceptors (Lipinski definition) is 3. The molecule has 0 amide bonds. The van der Waals surface area contributed by atoms with Crippen molar-refractivity contribution in [2.24, 2.45) is 0 Å². The molecular weight excluding hydrogens is 257 g/mol. The molecule has 0 atom stereocenters. The lowest BCUT2D eigenvalue weighted by atomic mass is 10.2. The lowest BCUT2D eigenvalue weighted by Gasteiger charge is -2.15. The molecule has 1 N–H and O–H groups in total. The SMILES string of the molecule is O=C(O)c1cn(C2(CF)CC2)c(=O)c2ccsc12. The van der Waals surface area contributed by atoms with Crippen molar-refractivity contribution < 1.29 is 14.3 Å². The van der Waals surface area contributed by atoms with E-state index in [-0.39, 0.29) is 11.1 Å². The Morgan fingerprint density at radius 2 is 2.28 bits per heavy atom. The van der Waals surface area contributed by atoms with Gasteiger partial charge < -0.3 is 9.67 Å². The Morgan fingerprint density at radius 3 is 2.83 bits per heavy atom. The topological polar surface area (TPSA) is 59.3 Å². The van der Waals surface area contributed by atoms with Crippen LogP contribution in [0.3, 0.4) is 0 Å². The molecule has 94 valence electrons. The highest BCUT2D eigenvalue weighted by atomic mass is 32.1. The molecule has 1 aliphatic carbocycles. The number of fused-ring (bicyclic) bond motifs is 1. The van der Waals surface area contributed by atoms with Crippen LogP contribution in [0, 0.1) is 0 Å². The number of nitrogens with zero attached hydrogens (tertiary/aromatic N) is 1. The zero-order valence-corrected chi connectivity index (χ0v) is 10.2. The average molecular weight is 267 g/mol. The zero-order chi connectivity index (χ0) is 12.9. The maximum absolute atomic E-state index is 13.1. The summed E-state index contributed by atoms with van der Waals surface area (Å²) in [5, 5.41) is 11.2. The molecular formula is C12H10FNO3S. The number of hydrogen-bond donors (Lipinski definition) is 1. The van der Waals surface area contributed by atoms with Crippen LogP contribution in [-0.2, 0) is 5.54 Å². The van der Waals surface area contributed by atoms with Crippen LogP contribution < -0.4 is 5.56 Å². The second-order valence-electron chi connectivity index (χ2n) is 4.54. The normalized spacial score (nSPS) is 16.9. The Balaban J connectivity index is 2.37. The zero-order valence-electron chi connectivity index (χ0n) is 9.35. The maximum atomic E-state index is 13.1. The molecule has 0 aromatic carbocycles.